The third kappa shape index (κ3) is 2.70. The smallest absolute Gasteiger partial charge is 0.234 e. The summed E-state index contributed by atoms with van der Waals surface area (Å²) in [4.78, 5) is 15.0. The zero-order valence-electron chi connectivity index (χ0n) is 8.63. The Balaban J connectivity index is 2.14. The van der Waals surface area contributed by atoms with Crippen molar-refractivity contribution in [2.75, 3.05) is 0 Å². The number of carbonyl (C=O) groups is 1. The first kappa shape index (κ1) is 10.9. The van der Waals surface area contributed by atoms with E-state index in [4.69, 9.17) is 0 Å². The first-order chi connectivity index (χ1) is 7.75. The van der Waals surface area contributed by atoms with E-state index < -0.39 is 0 Å². The number of nitrogens with zero attached hydrogens (tertiary/aromatic N) is 1. The highest BCUT2D eigenvalue weighted by atomic mass is 32.1. The molecule has 0 atom stereocenters. The summed E-state index contributed by atoms with van der Waals surface area (Å²) in [6.45, 7) is 0. The minimum Gasteiger partial charge on any atom is -0.280 e. The van der Waals surface area contributed by atoms with Crippen LogP contribution in [0.25, 0.3) is 0 Å². The van der Waals surface area contributed by atoms with E-state index in [0.29, 0.717) is 5.69 Å². The summed E-state index contributed by atoms with van der Waals surface area (Å²) in [6.07, 6.45) is 2.55. The maximum atomic E-state index is 10.9. The molecule has 2 nitrogen and oxygen atoms in total. The number of thiol groups is 1. The molecule has 0 aliphatic rings. The summed E-state index contributed by atoms with van der Waals surface area (Å²) in [5, 5.41) is -0.300. The van der Waals surface area contributed by atoms with Gasteiger partial charge in [0.15, 0.2) is 0 Å². The summed E-state index contributed by atoms with van der Waals surface area (Å²) < 4.78 is 0. The largest absolute Gasteiger partial charge is 0.280 e. The number of pyridine rings is 1. The normalized spacial score (nSPS) is 10.1. The van der Waals surface area contributed by atoms with Crippen LogP contribution >= 0.6 is 12.6 Å². The number of carbonyl (C=O) groups excluding carboxylic acids is 1. The molecule has 0 aliphatic carbocycles. The zero-order chi connectivity index (χ0) is 11.4. The van der Waals surface area contributed by atoms with Gasteiger partial charge in [-0.3, -0.25) is 9.78 Å². The number of hydrogen-bond donors (Lipinski definition) is 1. The van der Waals surface area contributed by atoms with Crippen LogP contribution in [-0.2, 0) is 6.42 Å². The number of benzene rings is 1. The molecule has 0 aliphatic heterocycles. The first-order valence-corrected chi connectivity index (χ1v) is 5.42. The molecular weight excluding hydrogens is 218 g/mol. The lowest BCUT2D eigenvalue weighted by Crippen LogP contribution is -1.95. The fourth-order valence-corrected chi connectivity index (χ4v) is 1.62. The molecule has 2 aromatic rings. The summed E-state index contributed by atoms with van der Waals surface area (Å²) in [6, 6.07) is 13.7. The van der Waals surface area contributed by atoms with E-state index in [1.807, 2.05) is 24.3 Å². The quantitative estimate of drug-likeness (QED) is 0.820. The van der Waals surface area contributed by atoms with Crippen molar-refractivity contribution in [2.45, 2.75) is 6.42 Å². The second kappa shape index (κ2) is 4.94. The van der Waals surface area contributed by atoms with Crippen molar-refractivity contribution in [1.82, 2.24) is 4.98 Å². The number of rotatable bonds is 3. The van der Waals surface area contributed by atoms with Crippen LogP contribution in [0, 0.1) is 0 Å². The van der Waals surface area contributed by atoms with Gasteiger partial charge in [-0.15, -0.1) is 0 Å². The van der Waals surface area contributed by atoms with Gasteiger partial charge in [0.1, 0.15) is 5.69 Å². The van der Waals surface area contributed by atoms with E-state index in [0.717, 1.165) is 12.0 Å². The molecule has 0 fully saturated rings. The summed E-state index contributed by atoms with van der Waals surface area (Å²) in [5.41, 5.74) is 2.71. The van der Waals surface area contributed by atoms with Crippen molar-refractivity contribution in [2.24, 2.45) is 0 Å². The van der Waals surface area contributed by atoms with Gasteiger partial charge in [-0.25, -0.2) is 0 Å². The molecule has 0 saturated heterocycles. The van der Waals surface area contributed by atoms with Crippen molar-refractivity contribution in [3.8, 4) is 0 Å². The van der Waals surface area contributed by atoms with E-state index in [9.17, 15) is 4.79 Å². The van der Waals surface area contributed by atoms with Gasteiger partial charge in [0, 0.05) is 6.20 Å². The van der Waals surface area contributed by atoms with Crippen LogP contribution in [0.5, 0.6) is 0 Å². The lowest BCUT2D eigenvalue weighted by Gasteiger charge is -2.01. The van der Waals surface area contributed by atoms with E-state index >= 15 is 0 Å². The topological polar surface area (TPSA) is 30.0 Å². The van der Waals surface area contributed by atoms with Crippen LogP contribution in [0.15, 0.2) is 48.7 Å². The third-order valence-electron chi connectivity index (χ3n) is 2.29. The Labute approximate surface area is 99.8 Å². The zero-order valence-corrected chi connectivity index (χ0v) is 9.52. The molecule has 2 rings (SSSR count). The Bertz CT molecular complexity index is 479. The minimum atomic E-state index is -0.300. The molecule has 80 valence electrons. The van der Waals surface area contributed by atoms with Gasteiger partial charge in [-0.05, 0) is 23.6 Å². The molecule has 0 amide bonds. The molecule has 1 aromatic heterocycles. The molecular formula is C13H11NOS. The van der Waals surface area contributed by atoms with E-state index in [-0.39, 0.29) is 5.12 Å². The molecule has 0 unspecified atom stereocenters. The third-order valence-corrected chi connectivity index (χ3v) is 2.52. The molecule has 1 heterocycles. The average Bonchev–Trinajstić information content (AvgIpc) is 2.31. The van der Waals surface area contributed by atoms with Gasteiger partial charge >= 0.3 is 0 Å². The van der Waals surface area contributed by atoms with Crippen LogP contribution in [0.1, 0.15) is 21.6 Å². The number of hydrogen-bond acceptors (Lipinski definition) is 2. The van der Waals surface area contributed by atoms with Crippen molar-refractivity contribution < 1.29 is 4.79 Å². The first-order valence-electron chi connectivity index (χ1n) is 4.98. The minimum absolute atomic E-state index is 0.300. The molecule has 1 aromatic carbocycles. The van der Waals surface area contributed by atoms with E-state index in [2.05, 4.69) is 29.7 Å². The summed E-state index contributed by atoms with van der Waals surface area (Å²) in [7, 11) is 0. The predicted octanol–water partition coefficient (Wildman–Crippen LogP) is 2.74. The molecule has 0 spiro atoms. The molecule has 3 heteroatoms. The second-order valence-electron chi connectivity index (χ2n) is 3.52. The Hall–Kier alpha value is -1.61. The molecule has 0 radical (unpaired) electrons. The van der Waals surface area contributed by atoms with Crippen LogP contribution < -0.4 is 0 Å². The monoisotopic (exact) mass is 229 g/mol. The average molecular weight is 229 g/mol. The predicted molar refractivity (Wildman–Crippen MR) is 66.8 cm³/mol. The summed E-state index contributed by atoms with van der Waals surface area (Å²) in [5.74, 6) is 0. The Morgan fingerprint density at radius 1 is 1.06 bits per heavy atom. The van der Waals surface area contributed by atoms with Crippen molar-refractivity contribution >= 4 is 17.7 Å². The Morgan fingerprint density at radius 2 is 1.81 bits per heavy atom. The standard InChI is InChI=1S/C13H11NOS/c15-13(16)12-7-6-11(9-14-12)8-10-4-2-1-3-5-10/h1-7,9H,8H2,(H,15,16). The summed E-state index contributed by atoms with van der Waals surface area (Å²) >= 11 is 3.72. The van der Waals surface area contributed by atoms with Gasteiger partial charge in [-0.1, -0.05) is 49.0 Å². The van der Waals surface area contributed by atoms with Crippen LogP contribution in [0.4, 0.5) is 0 Å². The fraction of sp³-hybridized carbons (Fsp3) is 0.0769. The van der Waals surface area contributed by atoms with Gasteiger partial charge in [0.05, 0.1) is 0 Å². The maximum Gasteiger partial charge on any atom is 0.234 e. The number of aromatic nitrogens is 1. The van der Waals surface area contributed by atoms with Gasteiger partial charge in [0.2, 0.25) is 5.12 Å². The highest BCUT2D eigenvalue weighted by molar-refractivity contribution is 7.97. The van der Waals surface area contributed by atoms with E-state index in [1.54, 1.807) is 12.3 Å². The van der Waals surface area contributed by atoms with Crippen molar-refractivity contribution in [3.63, 3.8) is 0 Å². The highest BCUT2D eigenvalue weighted by Gasteiger charge is 2.01. The van der Waals surface area contributed by atoms with E-state index in [1.165, 1.54) is 5.56 Å². The highest BCUT2D eigenvalue weighted by Crippen LogP contribution is 2.09. The lowest BCUT2D eigenvalue weighted by atomic mass is 10.1. The van der Waals surface area contributed by atoms with Crippen molar-refractivity contribution in [3.05, 3.63) is 65.5 Å². The van der Waals surface area contributed by atoms with Crippen LogP contribution in [0.3, 0.4) is 0 Å². The Morgan fingerprint density at radius 3 is 2.38 bits per heavy atom. The van der Waals surface area contributed by atoms with Crippen LogP contribution in [0.2, 0.25) is 0 Å². The molecule has 0 bridgehead atoms. The van der Waals surface area contributed by atoms with Gasteiger partial charge in [0.25, 0.3) is 0 Å². The Kier molecular flexibility index (Phi) is 3.37. The molecule has 0 N–H and O–H groups in total. The SMILES string of the molecule is O=C(S)c1ccc(Cc2ccccc2)cn1. The van der Waals surface area contributed by atoms with Crippen molar-refractivity contribution in [1.29, 1.82) is 0 Å². The van der Waals surface area contributed by atoms with Crippen LogP contribution in [-0.4, -0.2) is 10.1 Å². The molecule has 16 heavy (non-hydrogen) atoms. The second-order valence-corrected chi connectivity index (χ2v) is 3.93. The lowest BCUT2D eigenvalue weighted by molar-refractivity contribution is 0.108. The van der Waals surface area contributed by atoms with Gasteiger partial charge in [-0.2, -0.15) is 0 Å². The molecule has 0 saturated carbocycles. The fourth-order valence-electron chi connectivity index (χ4n) is 1.49. The van der Waals surface area contributed by atoms with Gasteiger partial charge < -0.3 is 0 Å². The maximum absolute atomic E-state index is 10.9.